The van der Waals surface area contributed by atoms with Crippen LogP contribution in [0.3, 0.4) is 0 Å². The van der Waals surface area contributed by atoms with Gasteiger partial charge in [-0.3, -0.25) is 13.9 Å². The van der Waals surface area contributed by atoms with Crippen molar-refractivity contribution in [2.45, 2.75) is 51.1 Å². The van der Waals surface area contributed by atoms with Gasteiger partial charge < -0.3 is 15.0 Å². The van der Waals surface area contributed by atoms with Crippen molar-refractivity contribution in [1.82, 2.24) is 10.2 Å². The summed E-state index contributed by atoms with van der Waals surface area (Å²) in [5.41, 5.74) is 0.600. The molecule has 12 heteroatoms. The first-order chi connectivity index (χ1) is 20.0. The van der Waals surface area contributed by atoms with E-state index in [0.717, 1.165) is 17.1 Å². The molecule has 0 aliphatic heterocycles. The number of benzene rings is 3. The van der Waals surface area contributed by atoms with Crippen LogP contribution in [0.5, 0.6) is 5.75 Å². The van der Waals surface area contributed by atoms with Gasteiger partial charge in [-0.2, -0.15) is 0 Å². The van der Waals surface area contributed by atoms with E-state index in [4.69, 9.17) is 39.5 Å². The number of nitrogens with zero attached hydrogens (tertiary/aromatic N) is 2. The Morgan fingerprint density at radius 3 is 2.19 bits per heavy atom. The summed E-state index contributed by atoms with van der Waals surface area (Å²) in [5, 5.41) is 3.82. The van der Waals surface area contributed by atoms with Crippen molar-refractivity contribution in [3.8, 4) is 5.75 Å². The van der Waals surface area contributed by atoms with Gasteiger partial charge >= 0.3 is 0 Å². The van der Waals surface area contributed by atoms with Gasteiger partial charge in [-0.15, -0.1) is 0 Å². The molecule has 0 aromatic heterocycles. The van der Waals surface area contributed by atoms with E-state index in [1.807, 2.05) is 6.92 Å². The summed E-state index contributed by atoms with van der Waals surface area (Å²) < 4.78 is 34.8. The summed E-state index contributed by atoms with van der Waals surface area (Å²) in [6, 6.07) is 16.1. The van der Waals surface area contributed by atoms with Crippen LogP contribution in [-0.4, -0.2) is 50.9 Å². The lowest BCUT2D eigenvalue weighted by atomic mass is 10.1. The van der Waals surface area contributed by atoms with Crippen molar-refractivity contribution in [2.24, 2.45) is 0 Å². The van der Waals surface area contributed by atoms with Gasteiger partial charge in [-0.05, 0) is 68.8 Å². The topological polar surface area (TPSA) is 96.0 Å². The maximum atomic E-state index is 14.1. The molecule has 42 heavy (non-hydrogen) atoms. The highest BCUT2D eigenvalue weighted by Gasteiger charge is 2.34. The number of carbonyl (C=O) groups excluding carboxylic acids is 2. The van der Waals surface area contributed by atoms with Crippen LogP contribution in [0, 0.1) is 0 Å². The van der Waals surface area contributed by atoms with E-state index < -0.39 is 28.5 Å². The molecule has 3 rings (SSSR count). The first-order valence-corrected chi connectivity index (χ1v) is 16.1. The quantitative estimate of drug-likeness (QED) is 0.198. The minimum atomic E-state index is -4.30. The number of hydrogen-bond acceptors (Lipinski definition) is 5. The third-order valence-electron chi connectivity index (χ3n) is 6.50. The first-order valence-electron chi connectivity index (χ1n) is 13.5. The molecular weight excluding hydrogens is 621 g/mol. The smallest absolute Gasteiger partial charge is 0.264 e. The Hall–Kier alpha value is -2.98. The summed E-state index contributed by atoms with van der Waals surface area (Å²) in [7, 11) is -4.30. The molecule has 0 aliphatic carbocycles. The van der Waals surface area contributed by atoms with Crippen LogP contribution in [0.1, 0.15) is 39.2 Å². The SMILES string of the molecule is CCCCNC(=O)C(C)N(Cc1c(Cl)cccc1Cl)C(=O)CN(c1ccccc1OCC)S(=O)(=O)c1ccc(Cl)cc1. The Kier molecular flexibility index (Phi) is 12.4. The molecular formula is C30H34Cl3N3O5S. The maximum Gasteiger partial charge on any atom is 0.264 e. The number of hydrogen-bond donors (Lipinski definition) is 1. The van der Waals surface area contributed by atoms with Crippen molar-refractivity contribution in [1.29, 1.82) is 0 Å². The van der Waals surface area contributed by atoms with E-state index in [0.29, 0.717) is 27.2 Å². The van der Waals surface area contributed by atoms with Gasteiger partial charge in [0, 0.05) is 33.7 Å². The molecule has 8 nitrogen and oxygen atoms in total. The molecule has 3 aromatic carbocycles. The third-order valence-corrected chi connectivity index (χ3v) is 9.24. The van der Waals surface area contributed by atoms with Crippen LogP contribution >= 0.6 is 34.8 Å². The fraction of sp³-hybridized carbons (Fsp3) is 0.333. The average Bonchev–Trinajstić information content (AvgIpc) is 2.96. The fourth-order valence-corrected chi connectivity index (χ4v) is 6.23. The molecule has 3 aromatic rings. The maximum absolute atomic E-state index is 14.1. The molecule has 0 heterocycles. The van der Waals surface area contributed by atoms with E-state index in [9.17, 15) is 18.0 Å². The van der Waals surface area contributed by atoms with Crippen LogP contribution in [0.4, 0.5) is 5.69 Å². The number of para-hydroxylation sites is 2. The van der Waals surface area contributed by atoms with Crippen molar-refractivity contribution >= 4 is 62.3 Å². The zero-order chi connectivity index (χ0) is 30.9. The zero-order valence-electron chi connectivity index (χ0n) is 23.6. The lowest BCUT2D eigenvalue weighted by Crippen LogP contribution is -2.51. The summed E-state index contributed by atoms with van der Waals surface area (Å²) >= 11 is 18.9. The van der Waals surface area contributed by atoms with Gasteiger partial charge in [0.15, 0.2) is 0 Å². The zero-order valence-corrected chi connectivity index (χ0v) is 26.7. The van der Waals surface area contributed by atoms with Gasteiger partial charge in [0.25, 0.3) is 10.0 Å². The number of rotatable bonds is 14. The fourth-order valence-electron chi connectivity index (χ4n) is 4.16. The highest BCUT2D eigenvalue weighted by Crippen LogP contribution is 2.33. The lowest BCUT2D eigenvalue weighted by Gasteiger charge is -2.32. The predicted molar refractivity (Wildman–Crippen MR) is 168 cm³/mol. The molecule has 0 saturated carbocycles. The first kappa shape index (κ1) is 33.5. The summed E-state index contributed by atoms with van der Waals surface area (Å²) in [6.07, 6.45) is 1.65. The van der Waals surface area contributed by atoms with Gasteiger partial charge in [0.1, 0.15) is 18.3 Å². The Balaban J connectivity index is 2.09. The molecule has 1 unspecified atom stereocenters. The number of nitrogens with one attached hydrogen (secondary N) is 1. The number of ether oxygens (including phenoxy) is 1. The summed E-state index contributed by atoms with van der Waals surface area (Å²) in [4.78, 5) is 28.5. The highest BCUT2D eigenvalue weighted by atomic mass is 35.5. The van der Waals surface area contributed by atoms with Crippen molar-refractivity contribution in [2.75, 3.05) is 24.0 Å². The Morgan fingerprint density at radius 1 is 0.929 bits per heavy atom. The van der Waals surface area contributed by atoms with E-state index >= 15 is 0 Å². The van der Waals surface area contributed by atoms with Gasteiger partial charge in [-0.1, -0.05) is 66.3 Å². The van der Waals surface area contributed by atoms with E-state index in [2.05, 4.69) is 5.32 Å². The van der Waals surface area contributed by atoms with Crippen molar-refractivity contribution < 1.29 is 22.7 Å². The number of sulfonamides is 1. The third kappa shape index (κ3) is 8.31. The number of halogens is 3. The highest BCUT2D eigenvalue weighted by molar-refractivity contribution is 7.92. The van der Waals surface area contributed by atoms with Crippen molar-refractivity contribution in [3.63, 3.8) is 0 Å². The molecule has 0 aliphatic rings. The Bertz CT molecular complexity index is 1470. The monoisotopic (exact) mass is 653 g/mol. The number of carbonyl (C=O) groups is 2. The van der Waals surface area contributed by atoms with Crippen LogP contribution in [0.15, 0.2) is 71.6 Å². The lowest BCUT2D eigenvalue weighted by molar-refractivity contribution is -0.139. The minimum absolute atomic E-state index is 0.0722. The molecule has 0 saturated heterocycles. The second kappa shape index (κ2) is 15.5. The van der Waals surface area contributed by atoms with Crippen LogP contribution in [0.2, 0.25) is 15.1 Å². The molecule has 0 bridgehead atoms. The second-order valence-electron chi connectivity index (χ2n) is 9.41. The van der Waals surface area contributed by atoms with Crippen LogP contribution < -0.4 is 14.4 Å². The van der Waals surface area contributed by atoms with E-state index in [-0.39, 0.29) is 35.4 Å². The molecule has 0 fully saturated rings. The molecule has 1 atom stereocenters. The molecule has 0 radical (unpaired) electrons. The van der Waals surface area contributed by atoms with E-state index in [1.165, 1.54) is 29.2 Å². The average molecular weight is 655 g/mol. The van der Waals surface area contributed by atoms with Crippen molar-refractivity contribution in [3.05, 3.63) is 87.4 Å². The standard InChI is InChI=1S/C30H34Cl3N3O5S/c1-4-6-18-34-30(38)21(3)35(19-24-25(32)10-9-11-26(24)33)29(37)20-36(27-12-7-8-13-28(27)41-5-2)42(39,40)23-16-14-22(31)15-17-23/h7-17,21H,4-6,18-20H2,1-3H3,(H,34,38). The second-order valence-corrected chi connectivity index (χ2v) is 12.5. The van der Waals surface area contributed by atoms with Gasteiger partial charge in [0.05, 0.1) is 17.2 Å². The molecule has 2 amide bonds. The van der Waals surface area contributed by atoms with Crippen LogP contribution in [0.25, 0.3) is 0 Å². The summed E-state index contributed by atoms with van der Waals surface area (Å²) in [5.74, 6) is -0.758. The van der Waals surface area contributed by atoms with E-state index in [1.54, 1.807) is 56.3 Å². The number of unbranched alkanes of at least 4 members (excludes halogenated alkanes) is 1. The minimum Gasteiger partial charge on any atom is -0.492 e. The molecule has 226 valence electrons. The Morgan fingerprint density at radius 2 is 1.57 bits per heavy atom. The Labute approximate surface area is 262 Å². The largest absolute Gasteiger partial charge is 0.492 e. The molecule has 0 spiro atoms. The predicted octanol–water partition coefficient (Wildman–Crippen LogP) is 6.57. The summed E-state index contributed by atoms with van der Waals surface area (Å²) in [6.45, 7) is 5.30. The van der Waals surface area contributed by atoms with Gasteiger partial charge in [0.2, 0.25) is 11.8 Å². The molecule has 1 N–H and O–H groups in total. The normalized spacial score (nSPS) is 12.0. The van der Waals surface area contributed by atoms with Gasteiger partial charge in [-0.25, -0.2) is 8.42 Å². The number of amides is 2. The number of anilines is 1. The van der Waals surface area contributed by atoms with Crippen LogP contribution in [-0.2, 0) is 26.2 Å².